The molecular formula is C11H21NO3. The first kappa shape index (κ1) is 12.5. The molecule has 1 amide bonds. The van der Waals surface area contributed by atoms with Crippen LogP contribution in [0.2, 0.25) is 0 Å². The van der Waals surface area contributed by atoms with Crippen LogP contribution in [-0.4, -0.2) is 36.9 Å². The molecule has 4 heteroatoms. The maximum absolute atomic E-state index is 11.7. The van der Waals surface area contributed by atoms with Gasteiger partial charge in [-0.1, -0.05) is 6.92 Å². The molecule has 1 saturated heterocycles. The van der Waals surface area contributed by atoms with Crippen molar-refractivity contribution in [3.05, 3.63) is 0 Å². The number of aliphatic hydroxyl groups excluding tert-OH is 1. The molecule has 2 atom stereocenters. The summed E-state index contributed by atoms with van der Waals surface area (Å²) in [6, 6.07) is 0. The Kier molecular flexibility index (Phi) is 5.05. The maximum Gasteiger partial charge on any atom is 0.223 e. The average molecular weight is 215 g/mol. The van der Waals surface area contributed by atoms with Crippen molar-refractivity contribution in [1.82, 2.24) is 5.32 Å². The molecule has 0 spiro atoms. The van der Waals surface area contributed by atoms with Crippen molar-refractivity contribution in [2.75, 3.05) is 19.8 Å². The predicted octanol–water partition coefficient (Wildman–Crippen LogP) is 0.546. The van der Waals surface area contributed by atoms with Gasteiger partial charge in [0.1, 0.15) is 0 Å². The van der Waals surface area contributed by atoms with E-state index < -0.39 is 6.10 Å². The van der Waals surface area contributed by atoms with Crippen LogP contribution in [0, 0.1) is 11.8 Å². The molecule has 4 nitrogen and oxygen atoms in total. The lowest BCUT2D eigenvalue weighted by molar-refractivity contribution is -0.127. The lowest BCUT2D eigenvalue weighted by atomic mass is 9.87. The van der Waals surface area contributed by atoms with Crippen molar-refractivity contribution in [1.29, 1.82) is 0 Å². The number of amides is 1. The van der Waals surface area contributed by atoms with Gasteiger partial charge in [-0.15, -0.1) is 0 Å². The summed E-state index contributed by atoms with van der Waals surface area (Å²) in [5.41, 5.74) is 0. The van der Waals surface area contributed by atoms with Crippen LogP contribution in [-0.2, 0) is 9.53 Å². The SMILES string of the molecule is CC(O)CNC(=O)C(C)C1CCOCC1. The van der Waals surface area contributed by atoms with E-state index in [1.54, 1.807) is 6.92 Å². The van der Waals surface area contributed by atoms with Gasteiger partial charge in [-0.25, -0.2) is 0 Å². The number of hydrogen-bond acceptors (Lipinski definition) is 3. The van der Waals surface area contributed by atoms with Gasteiger partial charge in [-0.3, -0.25) is 4.79 Å². The second-order valence-electron chi connectivity index (χ2n) is 4.33. The molecule has 2 unspecified atom stereocenters. The second kappa shape index (κ2) is 6.08. The smallest absolute Gasteiger partial charge is 0.223 e. The van der Waals surface area contributed by atoms with Crippen molar-refractivity contribution < 1.29 is 14.6 Å². The zero-order valence-electron chi connectivity index (χ0n) is 9.53. The molecule has 0 aliphatic carbocycles. The number of carbonyl (C=O) groups excluding carboxylic acids is 1. The Morgan fingerprint density at radius 2 is 2.07 bits per heavy atom. The van der Waals surface area contributed by atoms with Crippen LogP contribution in [0.15, 0.2) is 0 Å². The van der Waals surface area contributed by atoms with Crippen molar-refractivity contribution in [3.8, 4) is 0 Å². The van der Waals surface area contributed by atoms with Gasteiger partial charge in [-0.05, 0) is 25.7 Å². The third-order valence-corrected chi connectivity index (χ3v) is 2.96. The predicted molar refractivity (Wildman–Crippen MR) is 57.4 cm³/mol. The van der Waals surface area contributed by atoms with E-state index in [2.05, 4.69) is 5.32 Å². The maximum atomic E-state index is 11.7. The highest BCUT2D eigenvalue weighted by Gasteiger charge is 2.25. The number of carbonyl (C=O) groups is 1. The first-order chi connectivity index (χ1) is 7.11. The highest BCUT2D eigenvalue weighted by Crippen LogP contribution is 2.23. The molecule has 88 valence electrons. The van der Waals surface area contributed by atoms with Gasteiger partial charge in [0.15, 0.2) is 0 Å². The van der Waals surface area contributed by atoms with Gasteiger partial charge in [0.05, 0.1) is 6.10 Å². The van der Waals surface area contributed by atoms with E-state index in [-0.39, 0.29) is 11.8 Å². The summed E-state index contributed by atoms with van der Waals surface area (Å²) in [5, 5.41) is 11.8. The average Bonchev–Trinajstić information content (AvgIpc) is 2.26. The second-order valence-corrected chi connectivity index (χ2v) is 4.33. The van der Waals surface area contributed by atoms with E-state index >= 15 is 0 Å². The lowest BCUT2D eigenvalue weighted by Crippen LogP contribution is -2.38. The van der Waals surface area contributed by atoms with Crippen molar-refractivity contribution in [3.63, 3.8) is 0 Å². The zero-order valence-corrected chi connectivity index (χ0v) is 9.53. The Morgan fingerprint density at radius 1 is 1.47 bits per heavy atom. The molecule has 1 fully saturated rings. The quantitative estimate of drug-likeness (QED) is 0.720. The molecule has 1 rings (SSSR count). The number of nitrogens with one attached hydrogen (secondary N) is 1. The van der Waals surface area contributed by atoms with Gasteiger partial charge in [0, 0.05) is 25.7 Å². The van der Waals surface area contributed by atoms with E-state index in [4.69, 9.17) is 9.84 Å². The fourth-order valence-electron chi connectivity index (χ4n) is 1.84. The summed E-state index contributed by atoms with van der Waals surface area (Å²) in [5.74, 6) is 0.489. The highest BCUT2D eigenvalue weighted by molar-refractivity contribution is 5.78. The topological polar surface area (TPSA) is 58.6 Å². The van der Waals surface area contributed by atoms with Crippen LogP contribution in [0.5, 0.6) is 0 Å². The molecule has 0 aromatic heterocycles. The number of rotatable bonds is 4. The molecule has 2 N–H and O–H groups in total. The molecule has 0 bridgehead atoms. The Bertz CT molecular complexity index is 200. The fourth-order valence-corrected chi connectivity index (χ4v) is 1.84. The van der Waals surface area contributed by atoms with Crippen LogP contribution in [0.4, 0.5) is 0 Å². The minimum Gasteiger partial charge on any atom is -0.392 e. The van der Waals surface area contributed by atoms with Crippen LogP contribution in [0.1, 0.15) is 26.7 Å². The summed E-state index contributed by atoms with van der Waals surface area (Å²) in [6.45, 7) is 5.48. The Hall–Kier alpha value is -0.610. The summed E-state index contributed by atoms with van der Waals surface area (Å²) >= 11 is 0. The molecule has 0 aromatic rings. The first-order valence-corrected chi connectivity index (χ1v) is 5.64. The van der Waals surface area contributed by atoms with Crippen LogP contribution < -0.4 is 5.32 Å². The third kappa shape index (κ3) is 4.18. The normalized spacial score (nSPS) is 22.1. The van der Waals surface area contributed by atoms with E-state index in [1.165, 1.54) is 0 Å². The molecule has 15 heavy (non-hydrogen) atoms. The fraction of sp³-hybridized carbons (Fsp3) is 0.909. The van der Waals surface area contributed by atoms with E-state index in [1.807, 2.05) is 6.92 Å². The van der Waals surface area contributed by atoms with Crippen LogP contribution in [0.25, 0.3) is 0 Å². The Labute approximate surface area is 91.0 Å². The van der Waals surface area contributed by atoms with Gasteiger partial charge in [-0.2, -0.15) is 0 Å². The number of ether oxygens (including phenoxy) is 1. The molecule has 1 heterocycles. The molecule has 1 aliphatic heterocycles. The minimum absolute atomic E-state index is 0.0210. The van der Waals surface area contributed by atoms with Crippen molar-refractivity contribution in [2.45, 2.75) is 32.8 Å². The largest absolute Gasteiger partial charge is 0.392 e. The van der Waals surface area contributed by atoms with E-state index in [9.17, 15) is 4.79 Å². The van der Waals surface area contributed by atoms with E-state index in [0.717, 1.165) is 26.1 Å². The summed E-state index contributed by atoms with van der Waals surface area (Å²) in [4.78, 5) is 11.7. The highest BCUT2D eigenvalue weighted by atomic mass is 16.5. The van der Waals surface area contributed by atoms with Crippen LogP contribution in [0.3, 0.4) is 0 Å². The summed E-state index contributed by atoms with van der Waals surface area (Å²) < 4.78 is 5.26. The standard InChI is InChI=1S/C11H21NO3/c1-8(13)7-12-11(14)9(2)10-3-5-15-6-4-10/h8-10,13H,3-7H2,1-2H3,(H,12,14). The first-order valence-electron chi connectivity index (χ1n) is 5.64. The monoisotopic (exact) mass is 215 g/mol. The Morgan fingerprint density at radius 3 is 2.60 bits per heavy atom. The minimum atomic E-state index is -0.476. The van der Waals surface area contributed by atoms with Crippen molar-refractivity contribution in [2.24, 2.45) is 11.8 Å². The van der Waals surface area contributed by atoms with Gasteiger partial charge in [0.25, 0.3) is 0 Å². The molecular weight excluding hydrogens is 194 g/mol. The number of hydrogen-bond donors (Lipinski definition) is 2. The molecule has 0 saturated carbocycles. The van der Waals surface area contributed by atoms with Crippen molar-refractivity contribution >= 4 is 5.91 Å². The van der Waals surface area contributed by atoms with Gasteiger partial charge in [0.2, 0.25) is 5.91 Å². The van der Waals surface area contributed by atoms with Gasteiger partial charge < -0.3 is 15.2 Å². The molecule has 0 radical (unpaired) electrons. The van der Waals surface area contributed by atoms with Crippen LogP contribution >= 0.6 is 0 Å². The zero-order chi connectivity index (χ0) is 11.3. The van der Waals surface area contributed by atoms with E-state index in [0.29, 0.717) is 12.5 Å². The third-order valence-electron chi connectivity index (χ3n) is 2.96. The lowest BCUT2D eigenvalue weighted by Gasteiger charge is -2.27. The molecule has 1 aliphatic rings. The summed E-state index contributed by atoms with van der Waals surface area (Å²) in [7, 11) is 0. The van der Waals surface area contributed by atoms with Gasteiger partial charge >= 0.3 is 0 Å². The number of aliphatic hydroxyl groups is 1. The molecule has 0 aromatic carbocycles. The summed E-state index contributed by atoms with van der Waals surface area (Å²) in [6.07, 6.45) is 1.45. The Balaban J connectivity index is 2.30.